The summed E-state index contributed by atoms with van der Waals surface area (Å²) in [4.78, 5) is 28.8. The largest absolute Gasteiger partial charge is 0.447 e. The van der Waals surface area contributed by atoms with Crippen LogP contribution in [0.5, 0.6) is 0 Å². The first kappa shape index (κ1) is 26.9. The number of nitrogens with two attached hydrogens (primary N) is 1. The fourth-order valence-electron chi connectivity index (χ4n) is 4.86. The molecule has 4 unspecified atom stereocenters. The molecule has 0 bridgehead atoms. The Morgan fingerprint density at radius 1 is 1.15 bits per heavy atom. The zero-order valence-electron chi connectivity index (χ0n) is 22.0. The molecule has 2 aliphatic rings. The van der Waals surface area contributed by atoms with Crippen molar-refractivity contribution in [2.24, 2.45) is 5.73 Å². The highest BCUT2D eigenvalue weighted by Gasteiger charge is 2.35. The molecule has 0 aliphatic carbocycles. The van der Waals surface area contributed by atoms with Gasteiger partial charge in [-0.1, -0.05) is 5.16 Å². The number of carbonyl (C=O) groups excluding carboxylic acids is 1. The predicted octanol–water partition coefficient (Wildman–Crippen LogP) is 3.43. The predicted molar refractivity (Wildman–Crippen MR) is 136 cm³/mol. The van der Waals surface area contributed by atoms with E-state index in [0.29, 0.717) is 49.9 Å². The van der Waals surface area contributed by atoms with Crippen LogP contribution in [0.1, 0.15) is 50.6 Å². The highest BCUT2D eigenvalue weighted by Crippen LogP contribution is 2.31. The van der Waals surface area contributed by atoms with E-state index >= 15 is 0 Å². The van der Waals surface area contributed by atoms with Crippen molar-refractivity contribution in [3.63, 3.8) is 0 Å². The van der Waals surface area contributed by atoms with Gasteiger partial charge in [-0.2, -0.15) is 4.98 Å². The molecular weight excluding hydrogens is 512 g/mol. The zero-order valence-corrected chi connectivity index (χ0v) is 22.0. The van der Waals surface area contributed by atoms with Gasteiger partial charge >= 0.3 is 6.09 Å². The number of rotatable bonds is 7. The SMILES string of the molecule is CC(C)OC(=O)N1CCC(OC(C)c2noc(-c3cnc(N4CC(N)C(c5cc(F)ccc5F)C4)nc3)n2)C1. The van der Waals surface area contributed by atoms with E-state index in [0.717, 1.165) is 12.1 Å². The summed E-state index contributed by atoms with van der Waals surface area (Å²) in [6.07, 6.45) is 2.65. The topological polar surface area (TPSA) is 133 Å². The maximum absolute atomic E-state index is 14.3. The Labute approximate surface area is 224 Å². The number of amides is 1. The van der Waals surface area contributed by atoms with Crippen LogP contribution in [0.25, 0.3) is 11.5 Å². The highest BCUT2D eigenvalue weighted by atomic mass is 19.1. The van der Waals surface area contributed by atoms with Gasteiger partial charge in [0, 0.05) is 44.0 Å². The normalized spacial score (nSPS) is 22.1. The van der Waals surface area contributed by atoms with Gasteiger partial charge in [0.25, 0.3) is 5.89 Å². The van der Waals surface area contributed by atoms with E-state index in [1.807, 2.05) is 25.7 Å². The minimum atomic E-state index is -0.507. The monoisotopic (exact) mass is 543 g/mol. The molecule has 2 fully saturated rings. The molecule has 39 heavy (non-hydrogen) atoms. The van der Waals surface area contributed by atoms with E-state index in [9.17, 15) is 13.6 Å². The number of nitrogens with zero attached hydrogens (tertiary/aromatic N) is 6. The first-order valence-electron chi connectivity index (χ1n) is 12.9. The van der Waals surface area contributed by atoms with Crippen molar-refractivity contribution in [1.82, 2.24) is 25.0 Å². The van der Waals surface area contributed by atoms with E-state index in [2.05, 4.69) is 20.1 Å². The van der Waals surface area contributed by atoms with Gasteiger partial charge in [-0.15, -0.1) is 0 Å². The fourth-order valence-corrected chi connectivity index (χ4v) is 4.86. The van der Waals surface area contributed by atoms with E-state index in [-0.39, 0.29) is 29.8 Å². The van der Waals surface area contributed by atoms with Crippen LogP contribution in [-0.4, -0.2) is 75.5 Å². The molecule has 0 spiro atoms. The third kappa shape index (κ3) is 5.98. The van der Waals surface area contributed by atoms with Gasteiger partial charge in [-0.3, -0.25) is 0 Å². The van der Waals surface area contributed by atoms with Gasteiger partial charge in [-0.25, -0.2) is 23.5 Å². The molecule has 0 radical (unpaired) electrons. The molecule has 1 aromatic carbocycles. The number of hydrogen-bond acceptors (Lipinski definition) is 10. The Hall–Kier alpha value is -3.71. The summed E-state index contributed by atoms with van der Waals surface area (Å²) in [5.74, 6) is -0.378. The summed E-state index contributed by atoms with van der Waals surface area (Å²) in [6.45, 7) is 7.18. The molecule has 13 heteroatoms. The van der Waals surface area contributed by atoms with Crippen molar-refractivity contribution >= 4 is 12.0 Å². The second-order valence-corrected chi connectivity index (χ2v) is 10.1. The van der Waals surface area contributed by atoms with Crippen molar-refractivity contribution < 1.29 is 27.6 Å². The first-order valence-corrected chi connectivity index (χ1v) is 12.9. The van der Waals surface area contributed by atoms with Gasteiger partial charge in [-0.05, 0) is 51.0 Å². The minimum Gasteiger partial charge on any atom is -0.447 e. The van der Waals surface area contributed by atoms with Gasteiger partial charge < -0.3 is 29.5 Å². The molecule has 4 heterocycles. The maximum atomic E-state index is 14.3. The van der Waals surface area contributed by atoms with Gasteiger partial charge in [0.1, 0.15) is 17.7 Å². The lowest BCUT2D eigenvalue weighted by Gasteiger charge is -2.19. The van der Waals surface area contributed by atoms with Gasteiger partial charge in [0.05, 0.1) is 24.3 Å². The van der Waals surface area contributed by atoms with Gasteiger partial charge in [0.15, 0.2) is 0 Å². The molecule has 0 saturated carbocycles. The van der Waals surface area contributed by atoms with Crippen LogP contribution >= 0.6 is 0 Å². The Morgan fingerprint density at radius 2 is 1.92 bits per heavy atom. The minimum absolute atomic E-state index is 0.166. The van der Waals surface area contributed by atoms with Crippen molar-refractivity contribution in [1.29, 1.82) is 0 Å². The Morgan fingerprint density at radius 3 is 2.67 bits per heavy atom. The number of anilines is 1. The molecule has 2 N–H and O–H groups in total. The molecular formula is C26H31F2N7O4. The Bertz CT molecular complexity index is 1310. The highest BCUT2D eigenvalue weighted by molar-refractivity contribution is 5.68. The summed E-state index contributed by atoms with van der Waals surface area (Å²) < 4.78 is 44.7. The molecule has 1 amide bonds. The number of aromatic nitrogens is 4. The Kier molecular flexibility index (Phi) is 7.71. The van der Waals surface area contributed by atoms with E-state index in [1.165, 1.54) is 6.07 Å². The lowest BCUT2D eigenvalue weighted by Crippen LogP contribution is -2.32. The van der Waals surface area contributed by atoms with Crippen LogP contribution in [0.3, 0.4) is 0 Å². The second kappa shape index (κ2) is 11.2. The number of halogens is 2. The van der Waals surface area contributed by atoms with Crippen LogP contribution < -0.4 is 10.6 Å². The summed E-state index contributed by atoms with van der Waals surface area (Å²) >= 11 is 0. The lowest BCUT2D eigenvalue weighted by atomic mass is 9.94. The number of benzene rings is 1. The molecule has 2 aliphatic heterocycles. The van der Waals surface area contributed by atoms with E-state index in [4.69, 9.17) is 19.7 Å². The number of ether oxygens (including phenoxy) is 2. The fraction of sp³-hybridized carbons (Fsp3) is 0.500. The number of likely N-dealkylation sites (tertiary alicyclic amines) is 1. The zero-order chi connectivity index (χ0) is 27.7. The quantitative estimate of drug-likeness (QED) is 0.473. The summed E-state index contributed by atoms with van der Waals surface area (Å²) in [7, 11) is 0. The maximum Gasteiger partial charge on any atom is 0.410 e. The third-order valence-electron chi connectivity index (χ3n) is 6.83. The van der Waals surface area contributed by atoms with Gasteiger partial charge in [0.2, 0.25) is 11.8 Å². The van der Waals surface area contributed by atoms with Crippen molar-refractivity contribution in [3.8, 4) is 11.5 Å². The molecule has 11 nitrogen and oxygen atoms in total. The summed E-state index contributed by atoms with van der Waals surface area (Å²) in [5.41, 5.74) is 7.02. The first-order chi connectivity index (χ1) is 18.7. The third-order valence-corrected chi connectivity index (χ3v) is 6.83. The number of carbonyl (C=O) groups is 1. The molecule has 208 valence electrons. The second-order valence-electron chi connectivity index (χ2n) is 10.1. The molecule has 2 aromatic heterocycles. The van der Waals surface area contributed by atoms with Crippen molar-refractivity contribution in [3.05, 3.63) is 53.6 Å². The Balaban J connectivity index is 1.19. The van der Waals surface area contributed by atoms with Crippen LogP contribution in [-0.2, 0) is 9.47 Å². The van der Waals surface area contributed by atoms with Crippen molar-refractivity contribution in [2.75, 3.05) is 31.1 Å². The molecule has 3 aromatic rings. The van der Waals surface area contributed by atoms with E-state index in [1.54, 1.807) is 17.3 Å². The number of hydrogen-bond donors (Lipinski definition) is 1. The molecule has 5 rings (SSSR count). The van der Waals surface area contributed by atoms with Crippen LogP contribution in [0.4, 0.5) is 19.5 Å². The van der Waals surface area contributed by atoms with Crippen LogP contribution in [0.2, 0.25) is 0 Å². The average molecular weight is 544 g/mol. The molecule has 4 atom stereocenters. The summed E-state index contributed by atoms with van der Waals surface area (Å²) in [5, 5.41) is 4.03. The van der Waals surface area contributed by atoms with E-state index < -0.39 is 29.7 Å². The molecule has 2 saturated heterocycles. The van der Waals surface area contributed by atoms with Crippen molar-refractivity contribution in [2.45, 2.75) is 57.5 Å². The lowest BCUT2D eigenvalue weighted by molar-refractivity contribution is -0.00405. The standard InChI is InChI=1S/C26H31F2N7O4/c1-14(2)37-26(36)34-7-6-18(11-34)38-15(3)23-32-24(39-33-23)16-9-30-25(31-10-16)35-12-20(22(29)13-35)19-8-17(27)4-5-21(19)28/h4-5,8-10,14-15,18,20,22H,6-7,11-13,29H2,1-3H3. The summed E-state index contributed by atoms with van der Waals surface area (Å²) in [6, 6.07) is 2.98. The van der Waals surface area contributed by atoms with Crippen LogP contribution in [0.15, 0.2) is 35.1 Å². The smallest absolute Gasteiger partial charge is 0.410 e. The van der Waals surface area contributed by atoms with Crippen LogP contribution in [0, 0.1) is 11.6 Å². The average Bonchev–Trinajstić information content (AvgIpc) is 3.65.